The van der Waals surface area contributed by atoms with Crippen molar-refractivity contribution in [2.24, 2.45) is 40.9 Å². The summed E-state index contributed by atoms with van der Waals surface area (Å²) < 4.78 is 6.35. The van der Waals surface area contributed by atoms with Crippen molar-refractivity contribution in [3.05, 3.63) is 0 Å². The lowest BCUT2D eigenvalue weighted by molar-refractivity contribution is -0.177. The minimum absolute atomic E-state index is 0.0191. The van der Waals surface area contributed by atoms with Crippen molar-refractivity contribution in [3.63, 3.8) is 0 Å². The standard InChI is InChI=1S/C22H38O2/c1-7-21(4,5)19(11-14(2)3)20(23)24-22(6)13-15-12-18(22)17-10-8-9-16(15)17/h14-19H,7-13H2,1-6H3. The third-order valence-electron chi connectivity index (χ3n) is 7.94. The van der Waals surface area contributed by atoms with Crippen LogP contribution in [0, 0.1) is 40.9 Å². The topological polar surface area (TPSA) is 26.3 Å². The lowest BCUT2D eigenvalue weighted by atomic mass is 9.72. The van der Waals surface area contributed by atoms with Gasteiger partial charge in [0.05, 0.1) is 5.92 Å². The van der Waals surface area contributed by atoms with E-state index in [0.29, 0.717) is 11.8 Å². The van der Waals surface area contributed by atoms with Crippen LogP contribution in [-0.2, 0) is 9.53 Å². The van der Waals surface area contributed by atoms with Crippen molar-refractivity contribution >= 4 is 5.97 Å². The minimum atomic E-state index is -0.188. The molecule has 0 saturated heterocycles. The molecule has 0 radical (unpaired) electrons. The van der Waals surface area contributed by atoms with E-state index in [-0.39, 0.29) is 22.9 Å². The Morgan fingerprint density at radius 1 is 1.25 bits per heavy atom. The van der Waals surface area contributed by atoms with Crippen molar-refractivity contribution in [1.82, 2.24) is 0 Å². The number of ether oxygens (including phenoxy) is 1. The molecule has 0 aromatic carbocycles. The molecule has 0 aliphatic heterocycles. The van der Waals surface area contributed by atoms with Crippen molar-refractivity contribution in [2.45, 2.75) is 92.1 Å². The minimum Gasteiger partial charge on any atom is -0.459 e. The molecule has 0 N–H and O–H groups in total. The van der Waals surface area contributed by atoms with E-state index in [0.717, 1.165) is 37.0 Å². The molecule has 2 heteroatoms. The van der Waals surface area contributed by atoms with E-state index in [1.807, 2.05) is 0 Å². The zero-order valence-corrected chi connectivity index (χ0v) is 16.7. The van der Waals surface area contributed by atoms with E-state index < -0.39 is 0 Å². The number of carbonyl (C=O) groups is 1. The summed E-state index contributed by atoms with van der Waals surface area (Å²) in [4.78, 5) is 13.2. The molecular weight excluding hydrogens is 296 g/mol. The second-order valence-corrected chi connectivity index (χ2v) is 10.3. The molecule has 0 spiro atoms. The third kappa shape index (κ3) is 3.03. The summed E-state index contributed by atoms with van der Waals surface area (Å²) in [5.41, 5.74) is -0.169. The summed E-state index contributed by atoms with van der Waals surface area (Å²) in [6.07, 6.45) is 8.58. The summed E-state index contributed by atoms with van der Waals surface area (Å²) in [5, 5.41) is 0. The predicted octanol–water partition coefficient (Wildman–Crippen LogP) is 5.84. The Hall–Kier alpha value is -0.530. The van der Waals surface area contributed by atoms with Crippen LogP contribution in [0.5, 0.6) is 0 Å². The van der Waals surface area contributed by atoms with Gasteiger partial charge in [-0.1, -0.05) is 47.5 Å². The zero-order valence-electron chi connectivity index (χ0n) is 16.7. The Balaban J connectivity index is 1.73. The quantitative estimate of drug-likeness (QED) is 0.570. The molecule has 0 aromatic rings. The third-order valence-corrected chi connectivity index (χ3v) is 7.94. The largest absolute Gasteiger partial charge is 0.459 e. The van der Waals surface area contributed by atoms with E-state index in [4.69, 9.17) is 4.74 Å². The molecule has 3 aliphatic rings. The molecule has 3 saturated carbocycles. The Morgan fingerprint density at radius 3 is 2.54 bits per heavy atom. The molecule has 0 heterocycles. The zero-order chi connectivity index (χ0) is 17.7. The molecule has 3 aliphatic carbocycles. The number of hydrogen-bond donors (Lipinski definition) is 0. The van der Waals surface area contributed by atoms with E-state index in [1.54, 1.807) is 0 Å². The lowest BCUT2D eigenvalue weighted by Crippen LogP contribution is -2.45. The average molecular weight is 335 g/mol. The summed E-state index contributed by atoms with van der Waals surface area (Å²) in [6.45, 7) is 13.3. The van der Waals surface area contributed by atoms with Crippen LogP contribution in [0.3, 0.4) is 0 Å². The number of esters is 1. The highest BCUT2D eigenvalue weighted by Crippen LogP contribution is 2.63. The van der Waals surface area contributed by atoms with Gasteiger partial charge < -0.3 is 4.74 Å². The maximum Gasteiger partial charge on any atom is 0.310 e. The summed E-state index contributed by atoms with van der Waals surface area (Å²) >= 11 is 0. The van der Waals surface area contributed by atoms with Crippen LogP contribution < -0.4 is 0 Å². The van der Waals surface area contributed by atoms with E-state index in [2.05, 4.69) is 41.5 Å². The molecule has 2 nitrogen and oxygen atoms in total. The van der Waals surface area contributed by atoms with E-state index >= 15 is 0 Å². The summed E-state index contributed by atoms with van der Waals surface area (Å²) in [6, 6.07) is 0. The molecule has 3 rings (SSSR count). The second kappa shape index (κ2) is 6.32. The molecule has 138 valence electrons. The van der Waals surface area contributed by atoms with Gasteiger partial charge in [0.2, 0.25) is 0 Å². The van der Waals surface area contributed by atoms with E-state index in [1.165, 1.54) is 25.7 Å². The van der Waals surface area contributed by atoms with Crippen LogP contribution in [-0.4, -0.2) is 11.6 Å². The van der Waals surface area contributed by atoms with E-state index in [9.17, 15) is 4.79 Å². The fourth-order valence-corrected chi connectivity index (χ4v) is 6.26. The molecule has 6 unspecified atom stereocenters. The Morgan fingerprint density at radius 2 is 1.92 bits per heavy atom. The normalized spacial score (nSPS) is 39.3. The highest BCUT2D eigenvalue weighted by Gasteiger charge is 2.61. The van der Waals surface area contributed by atoms with Crippen LogP contribution in [0.4, 0.5) is 0 Å². The van der Waals surface area contributed by atoms with Gasteiger partial charge in [0.15, 0.2) is 0 Å². The van der Waals surface area contributed by atoms with Gasteiger partial charge >= 0.3 is 5.97 Å². The Bertz CT molecular complexity index is 480. The molecule has 3 fully saturated rings. The first-order valence-corrected chi connectivity index (χ1v) is 10.4. The summed E-state index contributed by atoms with van der Waals surface area (Å²) in [7, 11) is 0. The molecule has 0 amide bonds. The van der Waals surface area contributed by atoms with Crippen molar-refractivity contribution < 1.29 is 9.53 Å². The maximum absolute atomic E-state index is 13.2. The van der Waals surface area contributed by atoms with Gasteiger partial charge in [-0.2, -0.15) is 0 Å². The number of rotatable bonds is 6. The van der Waals surface area contributed by atoms with Gasteiger partial charge in [-0.15, -0.1) is 0 Å². The fraction of sp³-hybridized carbons (Fsp3) is 0.955. The predicted molar refractivity (Wildman–Crippen MR) is 98.6 cm³/mol. The fourth-order valence-electron chi connectivity index (χ4n) is 6.26. The van der Waals surface area contributed by atoms with Gasteiger partial charge in [-0.05, 0) is 68.1 Å². The molecule has 0 aromatic heterocycles. The number of carbonyl (C=O) groups excluding carboxylic acids is 1. The number of hydrogen-bond acceptors (Lipinski definition) is 2. The van der Waals surface area contributed by atoms with Gasteiger partial charge in [-0.25, -0.2) is 0 Å². The Labute approximate surface area is 149 Å². The van der Waals surface area contributed by atoms with Gasteiger partial charge in [0.25, 0.3) is 0 Å². The van der Waals surface area contributed by atoms with Gasteiger partial charge in [0, 0.05) is 5.92 Å². The van der Waals surface area contributed by atoms with Crippen molar-refractivity contribution in [2.75, 3.05) is 0 Å². The molecular formula is C22H38O2. The highest BCUT2D eigenvalue weighted by molar-refractivity contribution is 5.74. The molecule has 6 atom stereocenters. The number of fused-ring (bicyclic) bond motifs is 5. The van der Waals surface area contributed by atoms with Crippen LogP contribution in [0.25, 0.3) is 0 Å². The maximum atomic E-state index is 13.2. The monoisotopic (exact) mass is 334 g/mol. The van der Waals surface area contributed by atoms with Crippen LogP contribution in [0.1, 0.15) is 86.5 Å². The first kappa shape index (κ1) is 18.3. The first-order chi connectivity index (χ1) is 11.2. The van der Waals surface area contributed by atoms with Crippen molar-refractivity contribution in [1.29, 1.82) is 0 Å². The van der Waals surface area contributed by atoms with Gasteiger partial charge in [0.1, 0.15) is 5.60 Å². The van der Waals surface area contributed by atoms with Crippen LogP contribution >= 0.6 is 0 Å². The smallest absolute Gasteiger partial charge is 0.310 e. The molecule has 24 heavy (non-hydrogen) atoms. The lowest BCUT2D eigenvalue weighted by Gasteiger charge is -2.42. The molecule has 2 bridgehead atoms. The second-order valence-electron chi connectivity index (χ2n) is 10.3. The average Bonchev–Trinajstić information content (AvgIpc) is 3.15. The SMILES string of the molecule is CCC(C)(C)C(CC(C)C)C(=O)OC1(C)CC2CC1C1CCCC21. The highest BCUT2D eigenvalue weighted by atomic mass is 16.6. The van der Waals surface area contributed by atoms with Crippen LogP contribution in [0.2, 0.25) is 0 Å². The van der Waals surface area contributed by atoms with Gasteiger partial charge in [-0.3, -0.25) is 4.79 Å². The first-order valence-electron chi connectivity index (χ1n) is 10.4. The van der Waals surface area contributed by atoms with Crippen molar-refractivity contribution in [3.8, 4) is 0 Å². The van der Waals surface area contributed by atoms with Crippen LogP contribution in [0.15, 0.2) is 0 Å². The Kier molecular flexibility index (Phi) is 4.81. The summed E-state index contributed by atoms with van der Waals surface area (Å²) in [5.74, 6) is 3.87.